The van der Waals surface area contributed by atoms with Gasteiger partial charge in [-0.05, 0) is 37.5 Å². The number of ether oxygens (including phenoxy) is 1. The van der Waals surface area contributed by atoms with E-state index < -0.39 is 0 Å². The van der Waals surface area contributed by atoms with Crippen molar-refractivity contribution in [2.24, 2.45) is 5.92 Å². The summed E-state index contributed by atoms with van der Waals surface area (Å²) in [4.78, 5) is 13.6. The Hall–Kier alpha value is -1.51. The quantitative estimate of drug-likeness (QED) is 0.781. The first-order valence-corrected chi connectivity index (χ1v) is 6.17. The Kier molecular flexibility index (Phi) is 3.67. The molecule has 1 amide bonds. The third-order valence-corrected chi connectivity index (χ3v) is 2.96. The first-order chi connectivity index (χ1) is 8.20. The molecule has 0 saturated heterocycles. The van der Waals surface area contributed by atoms with E-state index in [1.807, 2.05) is 43.1 Å². The van der Waals surface area contributed by atoms with Crippen molar-refractivity contribution < 1.29 is 9.53 Å². The fourth-order valence-electron chi connectivity index (χ4n) is 1.85. The van der Waals surface area contributed by atoms with E-state index in [1.165, 1.54) is 0 Å². The molecule has 0 aliphatic heterocycles. The summed E-state index contributed by atoms with van der Waals surface area (Å²) in [7, 11) is 1.87. The minimum atomic E-state index is 0.277. The van der Waals surface area contributed by atoms with Gasteiger partial charge in [-0.25, -0.2) is 0 Å². The van der Waals surface area contributed by atoms with Gasteiger partial charge in [-0.2, -0.15) is 0 Å². The van der Waals surface area contributed by atoms with Gasteiger partial charge in [-0.15, -0.1) is 0 Å². The lowest BCUT2D eigenvalue weighted by molar-refractivity contribution is -0.131. The standard InChI is InChI=1S/C14H19NO2/c1-3-17-13-8-4-11(5-9-13)10-15(2)14(16)12-6-7-12/h4-5,8-9,12H,3,6-7,10H2,1-2H3. The van der Waals surface area contributed by atoms with E-state index >= 15 is 0 Å². The number of nitrogens with zero attached hydrogens (tertiary/aromatic N) is 1. The van der Waals surface area contributed by atoms with E-state index in [4.69, 9.17) is 4.74 Å². The Balaban J connectivity index is 1.91. The summed E-state index contributed by atoms with van der Waals surface area (Å²) in [5.74, 6) is 1.45. The first kappa shape index (κ1) is 12.0. The van der Waals surface area contributed by atoms with Gasteiger partial charge in [-0.3, -0.25) is 4.79 Å². The summed E-state index contributed by atoms with van der Waals surface area (Å²) in [5.41, 5.74) is 1.14. The zero-order valence-corrected chi connectivity index (χ0v) is 10.5. The molecule has 2 rings (SSSR count). The predicted molar refractivity (Wildman–Crippen MR) is 66.8 cm³/mol. The molecule has 3 nitrogen and oxygen atoms in total. The van der Waals surface area contributed by atoms with Crippen LogP contribution in [0.3, 0.4) is 0 Å². The molecule has 0 unspecified atom stereocenters. The van der Waals surface area contributed by atoms with Gasteiger partial charge in [-0.1, -0.05) is 12.1 Å². The van der Waals surface area contributed by atoms with Gasteiger partial charge in [0.1, 0.15) is 5.75 Å². The number of hydrogen-bond donors (Lipinski definition) is 0. The Morgan fingerprint density at radius 3 is 2.53 bits per heavy atom. The number of amides is 1. The van der Waals surface area contributed by atoms with Gasteiger partial charge < -0.3 is 9.64 Å². The molecule has 3 heteroatoms. The van der Waals surface area contributed by atoms with Gasteiger partial charge >= 0.3 is 0 Å². The fraction of sp³-hybridized carbons (Fsp3) is 0.500. The molecule has 1 aliphatic carbocycles. The highest BCUT2D eigenvalue weighted by Crippen LogP contribution is 2.31. The normalized spacial score (nSPS) is 14.5. The molecule has 17 heavy (non-hydrogen) atoms. The van der Waals surface area contributed by atoms with Crippen molar-refractivity contribution in [1.29, 1.82) is 0 Å². The molecule has 1 fully saturated rings. The molecule has 1 aromatic rings. The van der Waals surface area contributed by atoms with Crippen molar-refractivity contribution >= 4 is 5.91 Å². The summed E-state index contributed by atoms with van der Waals surface area (Å²) >= 11 is 0. The molecule has 92 valence electrons. The molecular formula is C14H19NO2. The molecule has 0 spiro atoms. The van der Waals surface area contributed by atoms with E-state index in [1.54, 1.807) is 0 Å². The van der Waals surface area contributed by atoms with Crippen LogP contribution in [0.25, 0.3) is 0 Å². The van der Waals surface area contributed by atoms with Crippen molar-refractivity contribution in [3.63, 3.8) is 0 Å². The number of carbonyl (C=O) groups is 1. The molecule has 0 N–H and O–H groups in total. The summed E-state index contributed by atoms with van der Waals surface area (Å²) in [6.07, 6.45) is 2.12. The molecule has 0 heterocycles. The third-order valence-electron chi connectivity index (χ3n) is 2.96. The first-order valence-electron chi connectivity index (χ1n) is 6.17. The lowest BCUT2D eigenvalue weighted by atomic mass is 10.2. The predicted octanol–water partition coefficient (Wildman–Crippen LogP) is 2.45. The average Bonchev–Trinajstić information content (AvgIpc) is 3.15. The molecule has 0 radical (unpaired) electrons. The SMILES string of the molecule is CCOc1ccc(CN(C)C(=O)C2CC2)cc1. The topological polar surface area (TPSA) is 29.5 Å². The van der Waals surface area contributed by atoms with E-state index in [0.717, 1.165) is 24.2 Å². The van der Waals surface area contributed by atoms with Crippen LogP contribution in [0.1, 0.15) is 25.3 Å². The second kappa shape index (κ2) is 5.21. The highest BCUT2D eigenvalue weighted by Gasteiger charge is 2.31. The Morgan fingerprint density at radius 1 is 1.35 bits per heavy atom. The van der Waals surface area contributed by atoms with Crippen molar-refractivity contribution in [2.45, 2.75) is 26.3 Å². The largest absolute Gasteiger partial charge is 0.494 e. The molecule has 0 atom stereocenters. The average molecular weight is 233 g/mol. The highest BCUT2D eigenvalue weighted by molar-refractivity contribution is 5.80. The van der Waals surface area contributed by atoms with Gasteiger partial charge in [0, 0.05) is 19.5 Å². The van der Waals surface area contributed by atoms with Crippen LogP contribution in [0, 0.1) is 5.92 Å². The molecule has 0 bridgehead atoms. The Morgan fingerprint density at radius 2 is 2.00 bits per heavy atom. The van der Waals surface area contributed by atoms with Crippen LogP contribution < -0.4 is 4.74 Å². The number of hydrogen-bond acceptors (Lipinski definition) is 2. The minimum absolute atomic E-state index is 0.277. The molecule has 1 saturated carbocycles. The second-order valence-electron chi connectivity index (χ2n) is 4.55. The van der Waals surface area contributed by atoms with Gasteiger partial charge in [0.25, 0.3) is 0 Å². The second-order valence-corrected chi connectivity index (χ2v) is 4.55. The third kappa shape index (κ3) is 3.22. The van der Waals surface area contributed by atoms with Crippen LogP contribution in [0.2, 0.25) is 0 Å². The van der Waals surface area contributed by atoms with Gasteiger partial charge in [0.05, 0.1) is 6.61 Å². The van der Waals surface area contributed by atoms with E-state index in [9.17, 15) is 4.79 Å². The number of carbonyl (C=O) groups excluding carboxylic acids is 1. The molecular weight excluding hydrogens is 214 g/mol. The zero-order valence-electron chi connectivity index (χ0n) is 10.5. The fourth-order valence-corrected chi connectivity index (χ4v) is 1.85. The summed E-state index contributed by atoms with van der Waals surface area (Å²) in [6, 6.07) is 7.94. The number of benzene rings is 1. The summed E-state index contributed by atoms with van der Waals surface area (Å²) < 4.78 is 5.38. The van der Waals surface area contributed by atoms with Crippen LogP contribution in [0.5, 0.6) is 5.75 Å². The minimum Gasteiger partial charge on any atom is -0.494 e. The maximum Gasteiger partial charge on any atom is 0.225 e. The molecule has 0 aromatic heterocycles. The maximum atomic E-state index is 11.8. The van der Waals surface area contributed by atoms with Gasteiger partial charge in [0.15, 0.2) is 0 Å². The molecule has 1 aliphatic rings. The summed E-state index contributed by atoms with van der Waals surface area (Å²) in [5, 5.41) is 0. The van der Waals surface area contributed by atoms with Crippen LogP contribution in [0.4, 0.5) is 0 Å². The Bertz CT molecular complexity index is 382. The lowest BCUT2D eigenvalue weighted by Crippen LogP contribution is -2.27. The zero-order chi connectivity index (χ0) is 12.3. The van der Waals surface area contributed by atoms with E-state index in [2.05, 4.69) is 0 Å². The smallest absolute Gasteiger partial charge is 0.225 e. The van der Waals surface area contributed by atoms with Crippen molar-refractivity contribution in [3.05, 3.63) is 29.8 Å². The van der Waals surface area contributed by atoms with Crippen molar-refractivity contribution in [1.82, 2.24) is 4.90 Å². The van der Waals surface area contributed by atoms with Crippen molar-refractivity contribution in [2.75, 3.05) is 13.7 Å². The Labute approximate surface area is 102 Å². The molecule has 1 aromatic carbocycles. The van der Waals surface area contributed by atoms with Crippen molar-refractivity contribution in [3.8, 4) is 5.75 Å². The van der Waals surface area contributed by atoms with E-state index in [0.29, 0.717) is 19.1 Å². The lowest BCUT2D eigenvalue weighted by Gasteiger charge is -2.17. The van der Waals surface area contributed by atoms with Gasteiger partial charge in [0.2, 0.25) is 5.91 Å². The highest BCUT2D eigenvalue weighted by atomic mass is 16.5. The van der Waals surface area contributed by atoms with Crippen LogP contribution >= 0.6 is 0 Å². The summed E-state index contributed by atoms with van der Waals surface area (Å²) in [6.45, 7) is 3.33. The van der Waals surface area contributed by atoms with E-state index in [-0.39, 0.29) is 5.91 Å². The van der Waals surface area contributed by atoms with Crippen LogP contribution in [-0.4, -0.2) is 24.5 Å². The van der Waals surface area contributed by atoms with Crippen LogP contribution in [0.15, 0.2) is 24.3 Å². The maximum absolute atomic E-state index is 11.8. The monoisotopic (exact) mass is 233 g/mol. The number of rotatable bonds is 5. The van der Waals surface area contributed by atoms with Crippen LogP contribution in [-0.2, 0) is 11.3 Å².